The molecule has 0 heterocycles. The number of ether oxygens (including phenoxy) is 1. The standard InChI is InChI=1S/C16H19NO5S/c1-17-9-12(15(18)10-4-5-10)16(19)11-6-7-13(22-2)14(8-11)23(3,20)21/h6-10,19H,4-5H2,1-3H3. The zero-order valence-corrected chi connectivity index (χ0v) is 14.1. The molecule has 1 aliphatic rings. The second kappa shape index (κ2) is 6.54. The lowest BCUT2D eigenvalue weighted by molar-refractivity contribution is -0.116. The van der Waals surface area contributed by atoms with Gasteiger partial charge < -0.3 is 9.84 Å². The molecule has 6 nitrogen and oxygen atoms in total. The summed E-state index contributed by atoms with van der Waals surface area (Å²) in [5.74, 6) is -0.356. The molecule has 0 aliphatic heterocycles. The fourth-order valence-corrected chi connectivity index (χ4v) is 3.06. The molecular formula is C16H19NO5S. The summed E-state index contributed by atoms with van der Waals surface area (Å²) in [5, 5.41) is 10.4. The fourth-order valence-electron chi connectivity index (χ4n) is 2.21. The molecule has 0 radical (unpaired) electrons. The molecular weight excluding hydrogens is 318 g/mol. The molecule has 0 bridgehead atoms. The third-order valence-corrected chi connectivity index (χ3v) is 4.68. The van der Waals surface area contributed by atoms with E-state index >= 15 is 0 Å². The van der Waals surface area contributed by atoms with Gasteiger partial charge >= 0.3 is 0 Å². The van der Waals surface area contributed by atoms with Gasteiger partial charge in [-0.15, -0.1) is 0 Å². The molecule has 0 aromatic heterocycles. The third-order valence-electron chi connectivity index (χ3n) is 3.56. The number of aliphatic imine (C=N–C) groups is 1. The van der Waals surface area contributed by atoms with E-state index in [4.69, 9.17) is 4.74 Å². The van der Waals surface area contributed by atoms with Gasteiger partial charge in [0, 0.05) is 31.0 Å². The lowest BCUT2D eigenvalue weighted by Crippen LogP contribution is -2.10. The molecule has 0 unspecified atom stereocenters. The largest absolute Gasteiger partial charge is 0.507 e. The van der Waals surface area contributed by atoms with E-state index in [2.05, 4.69) is 4.99 Å². The van der Waals surface area contributed by atoms with E-state index in [1.165, 1.54) is 38.6 Å². The van der Waals surface area contributed by atoms with Crippen LogP contribution in [0.4, 0.5) is 0 Å². The van der Waals surface area contributed by atoms with Gasteiger partial charge in [-0.25, -0.2) is 8.42 Å². The van der Waals surface area contributed by atoms with E-state index in [-0.39, 0.29) is 39.2 Å². The Morgan fingerprint density at radius 3 is 2.52 bits per heavy atom. The number of rotatable bonds is 6. The minimum absolute atomic E-state index is 0.0456. The van der Waals surface area contributed by atoms with Crippen LogP contribution in [0.15, 0.2) is 33.7 Å². The number of allylic oxidation sites excluding steroid dienone is 1. The topological polar surface area (TPSA) is 93.0 Å². The molecule has 2 rings (SSSR count). The Kier molecular flexibility index (Phi) is 4.89. The summed E-state index contributed by atoms with van der Waals surface area (Å²) in [5.41, 5.74) is 0.328. The maximum Gasteiger partial charge on any atom is 0.179 e. The zero-order chi connectivity index (χ0) is 17.2. The molecule has 7 heteroatoms. The molecule has 124 valence electrons. The van der Waals surface area contributed by atoms with Crippen LogP contribution in [0.2, 0.25) is 0 Å². The molecule has 23 heavy (non-hydrogen) atoms. The Labute approximate surface area is 135 Å². The maximum atomic E-state index is 12.3. The highest BCUT2D eigenvalue weighted by molar-refractivity contribution is 7.90. The van der Waals surface area contributed by atoms with Crippen molar-refractivity contribution in [3.63, 3.8) is 0 Å². The molecule has 0 atom stereocenters. The lowest BCUT2D eigenvalue weighted by atomic mass is 10.0. The van der Waals surface area contributed by atoms with E-state index < -0.39 is 9.84 Å². The first kappa shape index (κ1) is 17.2. The number of sulfone groups is 1. The Hall–Kier alpha value is -2.15. The average molecular weight is 337 g/mol. The van der Waals surface area contributed by atoms with Crippen LogP contribution in [-0.2, 0) is 14.6 Å². The molecule has 1 aliphatic carbocycles. The van der Waals surface area contributed by atoms with Crippen molar-refractivity contribution in [3.8, 4) is 5.75 Å². The van der Waals surface area contributed by atoms with Crippen molar-refractivity contribution in [2.45, 2.75) is 17.7 Å². The van der Waals surface area contributed by atoms with Crippen molar-refractivity contribution in [2.24, 2.45) is 10.9 Å². The molecule has 1 aromatic carbocycles. The Morgan fingerprint density at radius 1 is 1.39 bits per heavy atom. The van der Waals surface area contributed by atoms with Crippen molar-refractivity contribution in [2.75, 3.05) is 20.4 Å². The van der Waals surface area contributed by atoms with E-state index in [0.717, 1.165) is 19.1 Å². The number of hydrogen-bond donors (Lipinski definition) is 1. The smallest absolute Gasteiger partial charge is 0.179 e. The molecule has 1 N–H and O–H groups in total. The first-order valence-electron chi connectivity index (χ1n) is 7.07. The van der Waals surface area contributed by atoms with Gasteiger partial charge in [0.25, 0.3) is 0 Å². The highest BCUT2D eigenvalue weighted by atomic mass is 32.2. The Bertz CT molecular complexity index is 789. The van der Waals surface area contributed by atoms with Gasteiger partial charge in [-0.05, 0) is 31.0 Å². The van der Waals surface area contributed by atoms with Crippen LogP contribution < -0.4 is 4.74 Å². The van der Waals surface area contributed by atoms with Crippen LogP contribution in [0.25, 0.3) is 5.76 Å². The summed E-state index contributed by atoms with van der Waals surface area (Å²) in [6.07, 6.45) is 3.95. The van der Waals surface area contributed by atoms with Crippen LogP contribution in [0, 0.1) is 5.92 Å². The van der Waals surface area contributed by atoms with Gasteiger partial charge in [0.05, 0.1) is 12.7 Å². The fraction of sp³-hybridized carbons (Fsp3) is 0.375. The van der Waals surface area contributed by atoms with Crippen LogP contribution in [0.1, 0.15) is 18.4 Å². The second-order valence-electron chi connectivity index (χ2n) is 5.43. The number of aliphatic hydroxyl groups excluding tert-OH is 1. The van der Waals surface area contributed by atoms with Crippen LogP contribution in [-0.4, -0.2) is 45.9 Å². The number of methoxy groups -OCH3 is 1. The summed E-state index contributed by atoms with van der Waals surface area (Å²) in [4.78, 5) is 16.0. The number of carbonyl (C=O) groups excluding carboxylic acids is 1. The SMILES string of the molecule is CN=CC(C(=O)C1CC1)=C(O)c1ccc(OC)c(S(C)(=O)=O)c1. The average Bonchev–Trinajstić information content (AvgIpc) is 3.34. The molecule has 0 spiro atoms. The van der Waals surface area contributed by atoms with Gasteiger partial charge in [-0.2, -0.15) is 0 Å². The number of hydrogen-bond acceptors (Lipinski definition) is 6. The molecule has 1 fully saturated rings. The van der Waals surface area contributed by atoms with Gasteiger partial charge in [-0.1, -0.05) is 0 Å². The monoisotopic (exact) mass is 337 g/mol. The zero-order valence-electron chi connectivity index (χ0n) is 13.2. The van der Waals surface area contributed by atoms with E-state index in [1.54, 1.807) is 0 Å². The first-order chi connectivity index (χ1) is 10.8. The summed E-state index contributed by atoms with van der Waals surface area (Å²) < 4.78 is 28.8. The van der Waals surface area contributed by atoms with Gasteiger partial charge in [0.1, 0.15) is 16.4 Å². The predicted octanol–water partition coefficient (Wildman–Crippen LogP) is 2.05. The summed E-state index contributed by atoms with van der Waals surface area (Å²) in [7, 11) is -0.671. The van der Waals surface area contributed by atoms with Gasteiger partial charge in [-0.3, -0.25) is 9.79 Å². The van der Waals surface area contributed by atoms with E-state index in [9.17, 15) is 18.3 Å². The molecule has 1 aromatic rings. The number of Topliss-reactive ketones (excluding diaryl/α,β-unsaturated/α-hetero) is 1. The van der Waals surface area contributed by atoms with Crippen LogP contribution in [0.3, 0.4) is 0 Å². The van der Waals surface area contributed by atoms with Crippen molar-refractivity contribution in [1.29, 1.82) is 0 Å². The first-order valence-corrected chi connectivity index (χ1v) is 8.96. The number of ketones is 1. The minimum Gasteiger partial charge on any atom is -0.507 e. The third kappa shape index (κ3) is 3.79. The number of aliphatic hydroxyl groups is 1. The Morgan fingerprint density at radius 2 is 2.04 bits per heavy atom. The predicted molar refractivity (Wildman–Crippen MR) is 87.8 cm³/mol. The normalized spacial score (nSPS) is 16.3. The van der Waals surface area contributed by atoms with Crippen molar-refractivity contribution in [1.82, 2.24) is 0 Å². The summed E-state index contributed by atoms with van der Waals surface area (Å²) in [6, 6.07) is 4.25. The highest BCUT2D eigenvalue weighted by Gasteiger charge is 2.33. The Balaban J connectivity index is 2.58. The van der Waals surface area contributed by atoms with Crippen LogP contribution >= 0.6 is 0 Å². The van der Waals surface area contributed by atoms with E-state index in [1.807, 2.05) is 0 Å². The van der Waals surface area contributed by atoms with Crippen LogP contribution in [0.5, 0.6) is 5.75 Å². The van der Waals surface area contributed by atoms with Gasteiger partial charge in [0.2, 0.25) is 0 Å². The number of nitrogens with zero attached hydrogens (tertiary/aromatic N) is 1. The highest BCUT2D eigenvalue weighted by Crippen LogP contribution is 2.34. The molecule has 0 saturated heterocycles. The van der Waals surface area contributed by atoms with Crippen molar-refractivity contribution in [3.05, 3.63) is 29.3 Å². The maximum absolute atomic E-state index is 12.3. The number of benzene rings is 1. The van der Waals surface area contributed by atoms with Gasteiger partial charge in [0.15, 0.2) is 15.6 Å². The van der Waals surface area contributed by atoms with Crippen molar-refractivity contribution < 1.29 is 23.1 Å². The summed E-state index contributed by atoms with van der Waals surface area (Å²) in [6.45, 7) is 0. The number of carbonyl (C=O) groups is 1. The van der Waals surface area contributed by atoms with Crippen molar-refractivity contribution >= 4 is 27.6 Å². The summed E-state index contributed by atoms with van der Waals surface area (Å²) >= 11 is 0. The molecule has 0 amide bonds. The second-order valence-corrected chi connectivity index (χ2v) is 7.41. The minimum atomic E-state index is -3.54. The quantitative estimate of drug-likeness (QED) is 0.487. The van der Waals surface area contributed by atoms with E-state index in [0.29, 0.717) is 0 Å². The lowest BCUT2D eigenvalue weighted by Gasteiger charge is -2.11. The molecule has 1 saturated carbocycles.